The summed E-state index contributed by atoms with van der Waals surface area (Å²) in [5.74, 6) is 0.659. The van der Waals surface area contributed by atoms with Crippen LogP contribution in [0, 0.1) is 7.43 Å². The zero-order valence-electron chi connectivity index (χ0n) is 9.96. The van der Waals surface area contributed by atoms with Crippen LogP contribution in [0.1, 0.15) is 25.3 Å². The minimum atomic E-state index is 0. The third-order valence-corrected chi connectivity index (χ3v) is 1.47. The van der Waals surface area contributed by atoms with Crippen molar-refractivity contribution in [1.29, 1.82) is 0 Å². The number of hydrogen-bond donors (Lipinski definition) is 0. The van der Waals surface area contributed by atoms with Crippen molar-refractivity contribution in [3.63, 3.8) is 0 Å². The van der Waals surface area contributed by atoms with Crippen molar-refractivity contribution < 1.29 is 58.2 Å². The number of benzene rings is 1. The summed E-state index contributed by atoms with van der Waals surface area (Å²) in [5, 5.41) is 0. The van der Waals surface area contributed by atoms with Crippen molar-refractivity contribution in [3.05, 3.63) is 43.3 Å². The second kappa shape index (κ2) is 16.6. The summed E-state index contributed by atoms with van der Waals surface area (Å²) in [4.78, 5) is 0. The predicted molar refractivity (Wildman–Crippen MR) is 58.5 cm³/mol. The number of hydrogen-bond acceptors (Lipinski definition) is 0. The van der Waals surface area contributed by atoms with Crippen molar-refractivity contribution in [2.24, 2.45) is 0 Å². The van der Waals surface area contributed by atoms with Crippen LogP contribution in [0.2, 0.25) is 0 Å². The van der Waals surface area contributed by atoms with Crippen LogP contribution in [-0.4, -0.2) is 67.7 Å². The molecule has 0 aliphatic rings. The van der Waals surface area contributed by atoms with Crippen LogP contribution in [0.3, 0.4) is 0 Å². The standard InChI is InChI=1S/C9H12.CH3.3Rb/c1-8(2)9-6-4-3-5-7-9;;;;/h3-8H,1-2H3;1H3;;;/q;-1;;;+1. The Balaban J connectivity index is -0.000000234. The maximum absolute atomic E-state index is 2.20. The average molecular weight is 392 g/mol. The van der Waals surface area contributed by atoms with Crippen molar-refractivity contribution in [1.82, 2.24) is 0 Å². The molecule has 1 rings (SSSR count). The maximum atomic E-state index is 2.20. The van der Waals surface area contributed by atoms with E-state index < -0.39 is 0 Å². The van der Waals surface area contributed by atoms with E-state index in [1.54, 1.807) is 0 Å². The summed E-state index contributed by atoms with van der Waals surface area (Å²) < 4.78 is 0. The van der Waals surface area contributed by atoms with Gasteiger partial charge in [-0.25, -0.2) is 0 Å². The van der Waals surface area contributed by atoms with Crippen LogP contribution in [0.5, 0.6) is 0 Å². The molecule has 3 heteroatoms. The van der Waals surface area contributed by atoms with Crippen LogP contribution in [0.4, 0.5) is 0 Å². The van der Waals surface area contributed by atoms with Gasteiger partial charge in [-0.15, -0.1) is 0 Å². The molecule has 0 heterocycles. The van der Waals surface area contributed by atoms with Gasteiger partial charge in [-0.05, 0) is 11.5 Å². The Hall–Kier alpha value is 4.64. The van der Waals surface area contributed by atoms with E-state index >= 15 is 0 Å². The fraction of sp³-hybridized carbons (Fsp3) is 0.300. The first-order chi connectivity index (χ1) is 5.30. The first-order valence-corrected chi connectivity index (χ1v) is 38.4. The summed E-state index contributed by atoms with van der Waals surface area (Å²) >= 11 is 2.32. The van der Waals surface area contributed by atoms with Gasteiger partial charge in [-0.3, -0.25) is 0 Å². The van der Waals surface area contributed by atoms with Crippen LogP contribution in [0.15, 0.2) is 30.3 Å². The molecule has 0 spiro atoms. The van der Waals surface area contributed by atoms with E-state index in [1.807, 2.05) is 6.07 Å². The minimum absolute atomic E-state index is 0. The Morgan fingerprint density at radius 2 is 1.38 bits per heavy atom. The second-order valence-corrected chi connectivity index (χ2v) is 2.57. The van der Waals surface area contributed by atoms with E-state index in [9.17, 15) is 0 Å². The summed E-state index contributed by atoms with van der Waals surface area (Å²) in [5.41, 5.74) is 1.41. The molecule has 0 aromatic heterocycles. The Morgan fingerprint density at radius 1 is 1.00 bits per heavy atom. The fourth-order valence-corrected chi connectivity index (χ4v) is 0.838. The summed E-state index contributed by atoms with van der Waals surface area (Å²) in [6.07, 6.45) is 0. The first-order valence-electron chi connectivity index (χ1n) is 4.35. The molecule has 13 heavy (non-hydrogen) atoms. The van der Waals surface area contributed by atoms with Gasteiger partial charge in [-0.1, -0.05) is 44.2 Å². The molecule has 0 fully saturated rings. The predicted octanol–water partition coefficient (Wildman–Crippen LogP) is -0.497. The van der Waals surface area contributed by atoms with Gasteiger partial charge in [0.2, 0.25) is 0 Å². The molecule has 0 amide bonds. The van der Waals surface area contributed by atoms with Gasteiger partial charge in [0, 0.05) is 0 Å². The van der Waals surface area contributed by atoms with Crippen molar-refractivity contribution in [3.8, 4) is 0 Å². The van der Waals surface area contributed by atoms with E-state index in [0.717, 1.165) is 67.7 Å². The van der Waals surface area contributed by atoms with Crippen LogP contribution >= 0.6 is 0 Å². The Bertz CT molecular complexity index is 173. The van der Waals surface area contributed by atoms with Crippen LogP contribution < -0.4 is 58.2 Å². The Morgan fingerprint density at radius 3 is 1.62 bits per heavy atom. The van der Waals surface area contributed by atoms with Gasteiger partial charge in [0.1, 0.15) is 0 Å². The van der Waals surface area contributed by atoms with E-state index in [2.05, 4.69) is 38.1 Å². The molecule has 0 saturated carbocycles. The Kier molecular flexibility index (Phi) is 29.2. The topological polar surface area (TPSA) is 0 Å². The molecule has 0 N–H and O–H groups in total. The van der Waals surface area contributed by atoms with E-state index in [1.165, 1.54) is 5.56 Å². The average Bonchev–Trinajstić information content (AvgIpc) is 2.10. The monoisotopic (exact) mass is 390 g/mol. The second-order valence-electron chi connectivity index (χ2n) is 2.57. The fourth-order valence-electron chi connectivity index (χ4n) is 0.838. The van der Waals surface area contributed by atoms with Gasteiger partial charge in [-0.2, -0.15) is 0 Å². The molecule has 0 atom stereocenters. The first kappa shape index (κ1) is 22.8. The Labute approximate surface area is 181 Å². The summed E-state index contributed by atoms with van der Waals surface area (Å²) in [7, 11) is 0. The molecule has 0 nitrogen and oxygen atoms in total. The zero-order valence-corrected chi connectivity index (χ0v) is 24.7. The third kappa shape index (κ3) is 12.9. The SMILES string of the molecule is CC(C)c1ccccc1.[CH3-].[Rb+].[Rb][Rb]. The molecule has 0 aliphatic carbocycles. The summed E-state index contributed by atoms with van der Waals surface area (Å²) in [6, 6.07) is 10.5. The third-order valence-electron chi connectivity index (χ3n) is 1.47. The van der Waals surface area contributed by atoms with Gasteiger partial charge in [0.15, 0.2) is 0 Å². The molecule has 58 valence electrons. The van der Waals surface area contributed by atoms with Gasteiger partial charge < -0.3 is 7.43 Å². The van der Waals surface area contributed by atoms with Crippen LogP contribution in [0.25, 0.3) is 0 Å². The summed E-state index contributed by atoms with van der Waals surface area (Å²) in [6.45, 7) is 4.41. The van der Waals surface area contributed by atoms with Gasteiger partial charge in [0.05, 0.1) is 0 Å². The molecule has 0 radical (unpaired) electrons. The molecule has 1 aromatic rings. The molecule has 0 saturated heterocycles. The van der Waals surface area contributed by atoms with Crippen molar-refractivity contribution in [2.45, 2.75) is 19.8 Å². The van der Waals surface area contributed by atoms with E-state index in [0.29, 0.717) is 5.92 Å². The molecular weight excluding hydrogens is 377 g/mol. The zero-order chi connectivity index (χ0) is 8.69. The van der Waals surface area contributed by atoms with Crippen molar-refractivity contribution in [2.75, 3.05) is 0 Å². The molecule has 0 unspecified atom stereocenters. The quantitative estimate of drug-likeness (QED) is 0.567. The molecule has 1 aromatic carbocycles. The molecule has 0 aliphatic heterocycles. The molecule has 0 bridgehead atoms. The van der Waals surface area contributed by atoms with Gasteiger partial charge in [0.25, 0.3) is 0 Å². The number of rotatable bonds is 1. The van der Waals surface area contributed by atoms with Crippen molar-refractivity contribution >= 4 is 67.7 Å². The van der Waals surface area contributed by atoms with E-state index in [4.69, 9.17) is 0 Å². The van der Waals surface area contributed by atoms with Crippen LogP contribution in [-0.2, 0) is 0 Å². The molecular formula is C10H15Rb3. The van der Waals surface area contributed by atoms with Gasteiger partial charge >= 0.3 is 126 Å². The van der Waals surface area contributed by atoms with E-state index in [-0.39, 0.29) is 65.6 Å². The normalized spacial score (nSPS) is 7.62.